The van der Waals surface area contributed by atoms with E-state index in [0.717, 1.165) is 11.3 Å². The maximum atomic E-state index is 12.1. The molecule has 0 aliphatic carbocycles. The zero-order valence-corrected chi connectivity index (χ0v) is 14.8. The SMILES string of the molecule is Cc1cc(C)c(C#N)c(SCC(=O)Nc2c(Cl)cccc2Cl)n1. The fourth-order valence-corrected chi connectivity index (χ4v) is 3.36. The number of hydrogen-bond donors (Lipinski definition) is 1. The van der Waals surface area contributed by atoms with Crippen molar-refractivity contribution >= 4 is 46.6 Å². The molecule has 23 heavy (non-hydrogen) atoms. The van der Waals surface area contributed by atoms with E-state index in [2.05, 4.69) is 16.4 Å². The van der Waals surface area contributed by atoms with Gasteiger partial charge in [0, 0.05) is 5.69 Å². The van der Waals surface area contributed by atoms with Gasteiger partial charge in [-0.25, -0.2) is 4.98 Å². The van der Waals surface area contributed by atoms with Crippen LogP contribution >= 0.6 is 35.0 Å². The molecular formula is C16H13Cl2N3OS. The molecule has 1 N–H and O–H groups in total. The molecule has 0 saturated heterocycles. The summed E-state index contributed by atoms with van der Waals surface area (Å²) in [5, 5.41) is 13.2. The normalized spacial score (nSPS) is 10.2. The molecule has 0 unspecified atom stereocenters. The van der Waals surface area contributed by atoms with Crippen molar-refractivity contribution in [2.45, 2.75) is 18.9 Å². The smallest absolute Gasteiger partial charge is 0.234 e. The lowest BCUT2D eigenvalue weighted by atomic mass is 10.1. The van der Waals surface area contributed by atoms with Crippen LogP contribution in [0.1, 0.15) is 16.8 Å². The maximum Gasteiger partial charge on any atom is 0.234 e. The molecule has 2 aromatic rings. The number of rotatable bonds is 4. The van der Waals surface area contributed by atoms with Gasteiger partial charge in [0.05, 0.1) is 27.0 Å². The van der Waals surface area contributed by atoms with Gasteiger partial charge in [0.15, 0.2) is 0 Å². The molecule has 0 atom stereocenters. The standard InChI is InChI=1S/C16H13Cl2N3OS/c1-9-6-10(2)20-16(11(9)7-19)23-8-14(22)21-15-12(17)4-3-5-13(15)18/h3-6H,8H2,1-2H3,(H,21,22). The number of carbonyl (C=O) groups is 1. The number of amides is 1. The largest absolute Gasteiger partial charge is 0.323 e. The molecule has 1 amide bonds. The minimum Gasteiger partial charge on any atom is -0.323 e. The number of aryl methyl sites for hydroxylation is 2. The van der Waals surface area contributed by atoms with Crippen molar-refractivity contribution in [1.82, 2.24) is 4.98 Å². The summed E-state index contributed by atoms with van der Waals surface area (Å²) in [6, 6.07) is 8.96. The molecule has 4 nitrogen and oxygen atoms in total. The molecule has 0 spiro atoms. The fourth-order valence-electron chi connectivity index (χ4n) is 1.97. The van der Waals surface area contributed by atoms with Crippen LogP contribution in [0.15, 0.2) is 29.3 Å². The molecule has 7 heteroatoms. The van der Waals surface area contributed by atoms with Crippen LogP contribution in [0.2, 0.25) is 10.0 Å². The van der Waals surface area contributed by atoms with Gasteiger partial charge in [-0.2, -0.15) is 5.26 Å². The number of pyridine rings is 1. The molecule has 0 saturated carbocycles. The number of halogens is 2. The number of benzene rings is 1. The van der Waals surface area contributed by atoms with E-state index in [1.165, 1.54) is 11.8 Å². The molecule has 118 valence electrons. The predicted molar refractivity (Wildman–Crippen MR) is 94.2 cm³/mol. The van der Waals surface area contributed by atoms with Crippen LogP contribution in [0.3, 0.4) is 0 Å². The number of nitriles is 1. The Morgan fingerprint density at radius 3 is 2.61 bits per heavy atom. The molecule has 0 bridgehead atoms. The van der Waals surface area contributed by atoms with Crippen molar-refractivity contribution in [3.8, 4) is 6.07 Å². The highest BCUT2D eigenvalue weighted by Gasteiger charge is 2.13. The van der Waals surface area contributed by atoms with Crippen molar-refractivity contribution in [2.24, 2.45) is 0 Å². The number of nitrogens with one attached hydrogen (secondary N) is 1. The van der Waals surface area contributed by atoms with Crippen LogP contribution in [0.4, 0.5) is 5.69 Å². The van der Waals surface area contributed by atoms with Gasteiger partial charge in [-0.15, -0.1) is 0 Å². The zero-order chi connectivity index (χ0) is 17.0. The Hall–Kier alpha value is -1.74. The van der Waals surface area contributed by atoms with E-state index in [9.17, 15) is 10.1 Å². The second-order valence-corrected chi connectivity index (χ2v) is 6.58. The number of para-hydroxylation sites is 1. The molecule has 1 heterocycles. The molecule has 0 aliphatic heterocycles. The molecule has 2 rings (SSSR count). The number of aromatic nitrogens is 1. The summed E-state index contributed by atoms with van der Waals surface area (Å²) in [4.78, 5) is 16.4. The lowest BCUT2D eigenvalue weighted by molar-refractivity contribution is -0.113. The van der Waals surface area contributed by atoms with Gasteiger partial charge < -0.3 is 5.32 Å². The Kier molecular flexibility index (Phi) is 5.89. The van der Waals surface area contributed by atoms with E-state index in [0.29, 0.717) is 26.3 Å². The first kappa shape index (κ1) is 17.6. The van der Waals surface area contributed by atoms with Gasteiger partial charge in [-0.1, -0.05) is 41.0 Å². The molecule has 1 aromatic heterocycles. The average Bonchev–Trinajstić information content (AvgIpc) is 2.48. The second kappa shape index (κ2) is 7.69. The first-order chi connectivity index (χ1) is 10.9. The Morgan fingerprint density at radius 2 is 2.00 bits per heavy atom. The van der Waals surface area contributed by atoms with Gasteiger partial charge in [-0.05, 0) is 37.6 Å². The average molecular weight is 366 g/mol. The summed E-state index contributed by atoms with van der Waals surface area (Å²) in [6.07, 6.45) is 0. The number of nitrogens with zero attached hydrogens (tertiary/aromatic N) is 2. The Labute approximate surface area is 148 Å². The lowest BCUT2D eigenvalue weighted by Crippen LogP contribution is -2.15. The van der Waals surface area contributed by atoms with E-state index in [1.807, 2.05) is 19.9 Å². The zero-order valence-electron chi connectivity index (χ0n) is 12.5. The summed E-state index contributed by atoms with van der Waals surface area (Å²) >= 11 is 13.2. The molecule has 1 aromatic carbocycles. The lowest BCUT2D eigenvalue weighted by Gasteiger charge is -2.10. The Bertz CT molecular complexity index is 782. The highest BCUT2D eigenvalue weighted by atomic mass is 35.5. The quantitative estimate of drug-likeness (QED) is 0.803. The van der Waals surface area contributed by atoms with Gasteiger partial charge in [0.2, 0.25) is 5.91 Å². The van der Waals surface area contributed by atoms with Crippen LogP contribution in [-0.2, 0) is 4.79 Å². The summed E-state index contributed by atoms with van der Waals surface area (Å²) in [5.41, 5.74) is 2.52. The summed E-state index contributed by atoms with van der Waals surface area (Å²) in [7, 11) is 0. The molecule has 0 radical (unpaired) electrons. The monoisotopic (exact) mass is 365 g/mol. The fraction of sp³-hybridized carbons (Fsp3) is 0.188. The van der Waals surface area contributed by atoms with Crippen molar-refractivity contribution in [1.29, 1.82) is 5.26 Å². The van der Waals surface area contributed by atoms with Crippen LogP contribution in [0.5, 0.6) is 0 Å². The third kappa shape index (κ3) is 4.38. The molecule has 0 fully saturated rings. The van der Waals surface area contributed by atoms with E-state index in [1.54, 1.807) is 18.2 Å². The summed E-state index contributed by atoms with van der Waals surface area (Å²) < 4.78 is 0. The number of hydrogen-bond acceptors (Lipinski definition) is 4. The minimum absolute atomic E-state index is 0.103. The first-order valence-corrected chi connectivity index (χ1v) is 8.41. The van der Waals surface area contributed by atoms with Crippen LogP contribution in [0.25, 0.3) is 0 Å². The topological polar surface area (TPSA) is 65.8 Å². The van der Waals surface area contributed by atoms with E-state index >= 15 is 0 Å². The number of carbonyl (C=O) groups excluding carboxylic acids is 1. The van der Waals surface area contributed by atoms with Crippen molar-refractivity contribution in [3.05, 3.63) is 51.1 Å². The van der Waals surface area contributed by atoms with E-state index in [-0.39, 0.29) is 11.7 Å². The van der Waals surface area contributed by atoms with E-state index < -0.39 is 0 Å². The highest BCUT2D eigenvalue weighted by Crippen LogP contribution is 2.30. The molecule has 0 aliphatic rings. The van der Waals surface area contributed by atoms with Crippen molar-refractivity contribution in [3.63, 3.8) is 0 Å². The predicted octanol–water partition coefficient (Wildman–Crippen LogP) is 4.61. The Balaban J connectivity index is 2.10. The highest BCUT2D eigenvalue weighted by molar-refractivity contribution is 8.00. The summed E-state index contributed by atoms with van der Waals surface area (Å²) in [6.45, 7) is 3.70. The minimum atomic E-state index is -0.269. The number of anilines is 1. The van der Waals surface area contributed by atoms with Gasteiger partial charge >= 0.3 is 0 Å². The van der Waals surface area contributed by atoms with Crippen LogP contribution in [-0.4, -0.2) is 16.6 Å². The van der Waals surface area contributed by atoms with E-state index in [4.69, 9.17) is 23.2 Å². The van der Waals surface area contributed by atoms with Crippen molar-refractivity contribution in [2.75, 3.05) is 11.1 Å². The van der Waals surface area contributed by atoms with Crippen molar-refractivity contribution < 1.29 is 4.79 Å². The maximum absolute atomic E-state index is 12.1. The van der Waals surface area contributed by atoms with Crippen LogP contribution in [0, 0.1) is 25.2 Å². The third-order valence-corrected chi connectivity index (χ3v) is 4.60. The number of thioether (sulfide) groups is 1. The van der Waals surface area contributed by atoms with Crippen LogP contribution < -0.4 is 5.32 Å². The summed E-state index contributed by atoms with van der Waals surface area (Å²) in [5.74, 6) is -0.165. The Morgan fingerprint density at radius 1 is 1.35 bits per heavy atom. The van der Waals surface area contributed by atoms with Gasteiger partial charge in [0.25, 0.3) is 0 Å². The first-order valence-electron chi connectivity index (χ1n) is 6.67. The second-order valence-electron chi connectivity index (χ2n) is 4.81. The van der Waals surface area contributed by atoms with Gasteiger partial charge in [0.1, 0.15) is 11.1 Å². The van der Waals surface area contributed by atoms with Gasteiger partial charge in [-0.3, -0.25) is 4.79 Å². The molecular weight excluding hydrogens is 353 g/mol. The third-order valence-electron chi connectivity index (χ3n) is 2.99.